The molecule has 0 radical (unpaired) electrons. The van der Waals surface area contributed by atoms with E-state index < -0.39 is 5.41 Å². The van der Waals surface area contributed by atoms with Crippen molar-refractivity contribution in [2.24, 2.45) is 16.3 Å². The molecule has 4 rings (SSSR count). The number of fused-ring (bicyclic) bond motifs is 1. The first-order chi connectivity index (χ1) is 20.1. The molecule has 0 aromatic carbocycles. The van der Waals surface area contributed by atoms with Crippen LogP contribution in [0.1, 0.15) is 81.5 Å². The largest absolute Gasteiger partial charge is 0.395 e. The van der Waals surface area contributed by atoms with Crippen molar-refractivity contribution in [2.75, 3.05) is 32.5 Å². The minimum absolute atomic E-state index is 0.0256. The molecule has 2 unspecified atom stereocenters. The zero-order valence-corrected chi connectivity index (χ0v) is 25.4. The maximum atomic E-state index is 12.7. The van der Waals surface area contributed by atoms with Crippen LogP contribution in [0, 0.1) is 5.41 Å². The van der Waals surface area contributed by atoms with Crippen LogP contribution in [0.4, 0.5) is 5.82 Å². The fourth-order valence-corrected chi connectivity index (χ4v) is 4.69. The van der Waals surface area contributed by atoms with Crippen LogP contribution in [0.25, 0.3) is 16.8 Å². The number of rotatable bonds is 11. The number of allylic oxidation sites excluding steroid dienone is 1. The lowest BCUT2D eigenvalue weighted by atomic mass is 9.90. The number of aliphatic hydroxyl groups is 1. The number of nitrogens with one attached hydrogen (secondary N) is 1. The monoisotopic (exact) mass is 577 g/mol. The Morgan fingerprint density at radius 1 is 1.24 bits per heavy atom. The van der Waals surface area contributed by atoms with E-state index in [0.29, 0.717) is 42.7 Å². The molecule has 1 aliphatic rings. The molecule has 0 spiro atoms. The summed E-state index contributed by atoms with van der Waals surface area (Å²) in [5.74, 6) is -0.482. The topological polar surface area (TPSA) is 177 Å². The summed E-state index contributed by atoms with van der Waals surface area (Å²) in [6.45, 7) is 9.07. The number of ketones is 1. The molecule has 0 bridgehead atoms. The van der Waals surface area contributed by atoms with E-state index in [1.165, 1.54) is 11.4 Å². The Hall–Kier alpha value is -4.16. The lowest BCUT2D eigenvalue weighted by molar-refractivity contribution is -0.131. The normalized spacial score (nSPS) is 15.0. The molecule has 6 N–H and O–H groups in total. The first-order valence-electron chi connectivity index (χ1n) is 14.3. The molecule has 3 aromatic rings. The number of aliphatic hydroxyl groups excluding tert-OH is 1. The highest BCUT2D eigenvalue weighted by atomic mass is 16.3. The molecule has 2 atom stereocenters. The molecule has 1 aliphatic heterocycles. The van der Waals surface area contributed by atoms with Crippen LogP contribution in [0.5, 0.6) is 0 Å². The predicted molar refractivity (Wildman–Crippen MR) is 165 cm³/mol. The number of hydrogen-bond acceptors (Lipinski definition) is 10. The van der Waals surface area contributed by atoms with Gasteiger partial charge in [-0.15, -0.1) is 0 Å². The van der Waals surface area contributed by atoms with Crippen molar-refractivity contribution in [3.05, 3.63) is 53.8 Å². The highest BCUT2D eigenvalue weighted by Crippen LogP contribution is 2.32. The molecule has 42 heavy (non-hydrogen) atoms. The minimum atomic E-state index is -1.06. The molecule has 4 heterocycles. The lowest BCUT2D eigenvalue weighted by Crippen LogP contribution is -2.46. The molecule has 226 valence electrons. The molecule has 0 fully saturated rings. The maximum Gasteiger partial charge on any atom is 0.229 e. The smallest absolute Gasteiger partial charge is 0.229 e. The first-order valence-corrected chi connectivity index (χ1v) is 14.3. The number of amides is 1. The summed E-state index contributed by atoms with van der Waals surface area (Å²) in [6, 6.07) is 3.86. The molecule has 0 saturated heterocycles. The number of nitrogens with two attached hydrogens (primary N) is 2. The van der Waals surface area contributed by atoms with Crippen LogP contribution in [0.3, 0.4) is 0 Å². The van der Waals surface area contributed by atoms with Gasteiger partial charge in [0, 0.05) is 56.0 Å². The van der Waals surface area contributed by atoms with Gasteiger partial charge in [-0.05, 0) is 32.8 Å². The van der Waals surface area contributed by atoms with Gasteiger partial charge in [0.2, 0.25) is 5.91 Å². The number of nitrogen functional groups attached to an aromatic ring is 1. The Kier molecular flexibility index (Phi) is 10.9. The summed E-state index contributed by atoms with van der Waals surface area (Å²) in [6.07, 6.45) is 9.24. The molecule has 1 amide bonds. The van der Waals surface area contributed by atoms with E-state index in [1.54, 1.807) is 24.3 Å². The van der Waals surface area contributed by atoms with Crippen molar-refractivity contribution >= 4 is 28.9 Å². The second-order valence-electron chi connectivity index (χ2n) is 10.3. The summed E-state index contributed by atoms with van der Waals surface area (Å²) < 4.78 is 1.48. The van der Waals surface area contributed by atoms with Crippen molar-refractivity contribution in [2.45, 2.75) is 59.8 Å². The van der Waals surface area contributed by atoms with Crippen molar-refractivity contribution in [3.8, 4) is 11.1 Å². The van der Waals surface area contributed by atoms with Gasteiger partial charge in [-0.2, -0.15) is 14.7 Å². The number of aromatic nitrogens is 4. The van der Waals surface area contributed by atoms with Gasteiger partial charge < -0.3 is 21.9 Å². The summed E-state index contributed by atoms with van der Waals surface area (Å²) in [5, 5.41) is 23.1. The minimum Gasteiger partial charge on any atom is -0.395 e. The van der Waals surface area contributed by atoms with Gasteiger partial charge in [0.15, 0.2) is 11.4 Å². The number of pyridine rings is 1. The van der Waals surface area contributed by atoms with E-state index in [9.17, 15) is 14.7 Å². The third-order valence-electron chi connectivity index (χ3n) is 7.35. The molecule has 3 aromatic heterocycles. The third-order valence-corrected chi connectivity index (χ3v) is 7.35. The van der Waals surface area contributed by atoms with Gasteiger partial charge in [-0.3, -0.25) is 19.6 Å². The van der Waals surface area contributed by atoms with Gasteiger partial charge in [-0.25, -0.2) is 4.98 Å². The quantitative estimate of drug-likeness (QED) is 0.249. The van der Waals surface area contributed by atoms with Crippen LogP contribution in [-0.4, -0.2) is 73.8 Å². The zero-order valence-electron chi connectivity index (χ0n) is 25.4. The highest BCUT2D eigenvalue weighted by Gasteiger charge is 2.31. The third kappa shape index (κ3) is 6.66. The van der Waals surface area contributed by atoms with Crippen LogP contribution in [0.2, 0.25) is 0 Å². The number of hydrazone groups is 1. The van der Waals surface area contributed by atoms with Crippen LogP contribution < -0.4 is 16.8 Å². The van der Waals surface area contributed by atoms with Crippen LogP contribution in [-0.2, 0) is 4.79 Å². The summed E-state index contributed by atoms with van der Waals surface area (Å²) in [4.78, 5) is 34.9. The van der Waals surface area contributed by atoms with E-state index in [-0.39, 0.29) is 36.6 Å². The number of carbonyl (C=O) groups is 2. The summed E-state index contributed by atoms with van der Waals surface area (Å²) in [5.41, 5.74) is 15.7. The highest BCUT2D eigenvalue weighted by molar-refractivity contribution is 6.01. The molecular formula is C30H43N9O3. The van der Waals surface area contributed by atoms with Crippen molar-refractivity contribution in [1.82, 2.24) is 29.9 Å². The van der Waals surface area contributed by atoms with Crippen LogP contribution in [0.15, 0.2) is 41.9 Å². The average molecular weight is 578 g/mol. The number of anilines is 1. The fourth-order valence-electron chi connectivity index (χ4n) is 4.69. The molecular weight excluding hydrogens is 534 g/mol. The van der Waals surface area contributed by atoms with E-state index >= 15 is 0 Å². The number of nitrogens with zero attached hydrogens (tertiary/aromatic N) is 6. The second kappa shape index (κ2) is 14.1. The van der Waals surface area contributed by atoms with Crippen LogP contribution >= 0.6 is 0 Å². The van der Waals surface area contributed by atoms with E-state index in [2.05, 4.69) is 20.5 Å². The van der Waals surface area contributed by atoms with Crippen molar-refractivity contribution < 1.29 is 14.7 Å². The summed E-state index contributed by atoms with van der Waals surface area (Å²) >= 11 is 0. The molecule has 0 saturated carbocycles. The Morgan fingerprint density at radius 2 is 1.98 bits per heavy atom. The van der Waals surface area contributed by atoms with Gasteiger partial charge in [0.05, 0.1) is 40.9 Å². The Labute approximate surface area is 246 Å². The lowest BCUT2D eigenvalue weighted by Gasteiger charge is -2.25. The Morgan fingerprint density at radius 3 is 2.55 bits per heavy atom. The van der Waals surface area contributed by atoms with E-state index in [1.807, 2.05) is 52.2 Å². The standard InChI is InChI=1S/C28H37N9O3.C2H6/c1-5-18(10-11-31-27(40)28(3,15-29)16-38)24-23(17(2)39)25(30)37-26(34-24)20(14-33-37)19-8-9-21(32-13-19)22-7-6-12-36(4)35-22;1-2/h6,8-9,12-14,18,38H,5,7,10-11,15-16,29-30H2,1-4H3,(H,31,40);1-2H3. The van der Waals surface area contributed by atoms with E-state index in [0.717, 1.165) is 22.5 Å². The van der Waals surface area contributed by atoms with E-state index in [4.69, 9.17) is 16.5 Å². The zero-order chi connectivity index (χ0) is 31.0. The fraction of sp³-hybridized carbons (Fsp3) is 0.467. The summed E-state index contributed by atoms with van der Waals surface area (Å²) in [7, 11) is 1.87. The van der Waals surface area contributed by atoms with Gasteiger partial charge in [0.1, 0.15) is 5.82 Å². The Balaban J connectivity index is 0.00000237. The SMILES string of the molecule is CC.CCC(CCNC(=O)C(C)(CN)CO)c1nc2c(-c3ccc(C4=NN(C)C=CC4)nc3)cnn2c(N)c1C(C)=O. The molecule has 12 nitrogen and oxygen atoms in total. The molecule has 12 heteroatoms. The predicted octanol–water partition coefficient (Wildman–Crippen LogP) is 3.11. The average Bonchev–Trinajstić information content (AvgIpc) is 3.44. The number of Topliss-reactive ketones (excluding diaryl/α,β-unsaturated/α-hetero) is 1. The van der Waals surface area contributed by atoms with Gasteiger partial charge in [0.25, 0.3) is 0 Å². The first kappa shape index (κ1) is 32.4. The number of hydrogen-bond donors (Lipinski definition) is 4. The maximum absolute atomic E-state index is 12.7. The second-order valence-corrected chi connectivity index (χ2v) is 10.3. The molecule has 0 aliphatic carbocycles. The Bertz CT molecular complexity index is 1460. The van der Waals surface area contributed by atoms with Gasteiger partial charge in [-0.1, -0.05) is 32.9 Å². The van der Waals surface area contributed by atoms with Crippen molar-refractivity contribution in [3.63, 3.8) is 0 Å². The van der Waals surface area contributed by atoms with Crippen molar-refractivity contribution in [1.29, 1.82) is 0 Å². The van der Waals surface area contributed by atoms with Gasteiger partial charge >= 0.3 is 0 Å². The number of carbonyl (C=O) groups excluding carboxylic acids is 2.